The Morgan fingerprint density at radius 2 is 2.33 bits per heavy atom. The minimum atomic E-state index is 0.848. The number of aromatic nitrogens is 4. The average molecular weight is 241 g/mol. The number of hydrogen-bond donors (Lipinski definition) is 2. The summed E-state index contributed by atoms with van der Waals surface area (Å²) in [6, 6.07) is 4.05. The predicted octanol–water partition coefficient (Wildman–Crippen LogP) is 1.55. The highest BCUT2D eigenvalue weighted by molar-refractivity contribution is 5.79. The molecule has 0 fully saturated rings. The SMILES string of the molecule is c1cnc2[nH]cc(CNCCn3ccnc3)c2c1. The van der Waals surface area contributed by atoms with E-state index >= 15 is 0 Å². The number of hydrogen-bond acceptors (Lipinski definition) is 3. The maximum Gasteiger partial charge on any atom is 0.137 e. The van der Waals surface area contributed by atoms with Crippen molar-refractivity contribution in [3.63, 3.8) is 0 Å². The second-order valence-corrected chi connectivity index (χ2v) is 4.19. The van der Waals surface area contributed by atoms with Gasteiger partial charge in [-0.25, -0.2) is 9.97 Å². The first-order valence-corrected chi connectivity index (χ1v) is 6.01. The van der Waals surface area contributed by atoms with Crippen LogP contribution in [0.5, 0.6) is 0 Å². The topological polar surface area (TPSA) is 58.5 Å². The number of fused-ring (bicyclic) bond motifs is 1. The zero-order valence-electron chi connectivity index (χ0n) is 10.0. The van der Waals surface area contributed by atoms with Gasteiger partial charge in [0, 0.05) is 49.8 Å². The molecule has 18 heavy (non-hydrogen) atoms. The molecular weight excluding hydrogens is 226 g/mol. The Morgan fingerprint density at radius 1 is 1.33 bits per heavy atom. The van der Waals surface area contributed by atoms with Gasteiger partial charge in [-0.15, -0.1) is 0 Å². The molecule has 0 unspecified atom stereocenters. The largest absolute Gasteiger partial charge is 0.346 e. The van der Waals surface area contributed by atoms with E-state index in [9.17, 15) is 0 Å². The third-order valence-electron chi connectivity index (χ3n) is 2.96. The fourth-order valence-electron chi connectivity index (χ4n) is 2.01. The van der Waals surface area contributed by atoms with Crippen LogP contribution in [0, 0.1) is 0 Å². The predicted molar refractivity (Wildman–Crippen MR) is 70.0 cm³/mol. The van der Waals surface area contributed by atoms with Crippen LogP contribution in [0.25, 0.3) is 11.0 Å². The van der Waals surface area contributed by atoms with Crippen LogP contribution in [0.4, 0.5) is 0 Å². The van der Waals surface area contributed by atoms with Crippen molar-refractivity contribution in [2.45, 2.75) is 13.1 Å². The lowest BCUT2D eigenvalue weighted by Gasteiger charge is -2.04. The maximum atomic E-state index is 4.28. The van der Waals surface area contributed by atoms with Crippen molar-refractivity contribution >= 4 is 11.0 Å². The Bertz CT molecular complexity index is 611. The van der Waals surface area contributed by atoms with E-state index in [1.807, 2.05) is 24.8 Å². The summed E-state index contributed by atoms with van der Waals surface area (Å²) >= 11 is 0. The van der Waals surface area contributed by atoms with Gasteiger partial charge in [0.05, 0.1) is 6.33 Å². The molecule has 0 saturated carbocycles. The first kappa shape index (κ1) is 11.0. The number of nitrogens with one attached hydrogen (secondary N) is 2. The second-order valence-electron chi connectivity index (χ2n) is 4.19. The van der Waals surface area contributed by atoms with Crippen molar-refractivity contribution in [3.8, 4) is 0 Å². The quantitative estimate of drug-likeness (QED) is 0.666. The highest BCUT2D eigenvalue weighted by Gasteiger charge is 2.02. The summed E-state index contributed by atoms with van der Waals surface area (Å²) in [5.74, 6) is 0. The summed E-state index contributed by atoms with van der Waals surface area (Å²) in [6.07, 6.45) is 9.41. The average Bonchev–Trinajstić information content (AvgIpc) is 3.04. The molecule has 0 bridgehead atoms. The van der Waals surface area contributed by atoms with Gasteiger partial charge in [0.15, 0.2) is 0 Å². The molecule has 0 aliphatic heterocycles. The zero-order valence-corrected chi connectivity index (χ0v) is 10.0. The first-order valence-electron chi connectivity index (χ1n) is 6.01. The van der Waals surface area contributed by atoms with Crippen molar-refractivity contribution in [1.82, 2.24) is 24.8 Å². The van der Waals surface area contributed by atoms with Gasteiger partial charge in [0.25, 0.3) is 0 Å². The molecule has 0 amide bonds. The standard InChI is InChI=1S/C13H15N5/c1-2-12-11(9-17-13(12)16-3-1)8-14-4-6-18-7-5-15-10-18/h1-3,5,7,9-10,14H,4,6,8H2,(H,16,17). The minimum Gasteiger partial charge on any atom is -0.346 e. The Labute approximate surface area is 105 Å². The Morgan fingerprint density at radius 3 is 3.22 bits per heavy atom. The molecule has 92 valence electrons. The first-order chi connectivity index (χ1) is 8.93. The van der Waals surface area contributed by atoms with Crippen LogP contribution in [0.15, 0.2) is 43.2 Å². The number of pyridine rings is 1. The molecule has 0 atom stereocenters. The molecular formula is C13H15N5. The molecule has 0 spiro atoms. The molecule has 3 heterocycles. The molecule has 0 aromatic carbocycles. The van der Waals surface area contributed by atoms with Crippen molar-refractivity contribution in [2.75, 3.05) is 6.54 Å². The normalized spacial score (nSPS) is 11.1. The third kappa shape index (κ3) is 2.26. The van der Waals surface area contributed by atoms with Gasteiger partial charge in [-0.1, -0.05) is 0 Å². The van der Waals surface area contributed by atoms with E-state index in [1.165, 1.54) is 10.9 Å². The monoisotopic (exact) mass is 241 g/mol. The number of imidazole rings is 1. The van der Waals surface area contributed by atoms with Crippen LogP contribution < -0.4 is 5.32 Å². The molecule has 3 rings (SSSR count). The van der Waals surface area contributed by atoms with E-state index < -0.39 is 0 Å². The Kier molecular flexibility index (Phi) is 3.06. The van der Waals surface area contributed by atoms with E-state index in [2.05, 4.69) is 30.9 Å². The lowest BCUT2D eigenvalue weighted by Crippen LogP contribution is -2.18. The second kappa shape index (κ2) is 5.01. The summed E-state index contributed by atoms with van der Waals surface area (Å²) in [6.45, 7) is 2.70. The summed E-state index contributed by atoms with van der Waals surface area (Å²) in [4.78, 5) is 11.5. The van der Waals surface area contributed by atoms with Gasteiger partial charge >= 0.3 is 0 Å². The summed E-state index contributed by atoms with van der Waals surface area (Å²) in [7, 11) is 0. The molecule has 3 aromatic rings. The van der Waals surface area contributed by atoms with E-state index in [1.54, 1.807) is 12.4 Å². The fourth-order valence-corrected chi connectivity index (χ4v) is 2.01. The molecule has 5 heteroatoms. The van der Waals surface area contributed by atoms with Gasteiger partial charge in [-0.05, 0) is 17.7 Å². The van der Waals surface area contributed by atoms with Crippen molar-refractivity contribution in [1.29, 1.82) is 0 Å². The van der Waals surface area contributed by atoms with Crippen LogP contribution in [-0.2, 0) is 13.1 Å². The van der Waals surface area contributed by atoms with Gasteiger partial charge in [0.2, 0.25) is 0 Å². The molecule has 0 aliphatic rings. The number of nitrogens with zero attached hydrogens (tertiary/aromatic N) is 3. The van der Waals surface area contributed by atoms with Crippen LogP contribution in [-0.4, -0.2) is 26.1 Å². The van der Waals surface area contributed by atoms with E-state index in [-0.39, 0.29) is 0 Å². The Hall–Kier alpha value is -2.14. The molecule has 0 saturated heterocycles. The van der Waals surface area contributed by atoms with Crippen LogP contribution in [0.3, 0.4) is 0 Å². The highest BCUT2D eigenvalue weighted by Crippen LogP contribution is 2.14. The van der Waals surface area contributed by atoms with E-state index in [0.717, 1.165) is 25.3 Å². The zero-order chi connectivity index (χ0) is 12.2. The van der Waals surface area contributed by atoms with Gasteiger partial charge < -0.3 is 14.9 Å². The van der Waals surface area contributed by atoms with Gasteiger partial charge in [0.1, 0.15) is 5.65 Å². The van der Waals surface area contributed by atoms with E-state index in [4.69, 9.17) is 0 Å². The van der Waals surface area contributed by atoms with Gasteiger partial charge in [-0.3, -0.25) is 0 Å². The van der Waals surface area contributed by atoms with Crippen molar-refractivity contribution in [3.05, 3.63) is 48.8 Å². The van der Waals surface area contributed by atoms with Crippen molar-refractivity contribution in [2.24, 2.45) is 0 Å². The van der Waals surface area contributed by atoms with Crippen LogP contribution in [0.2, 0.25) is 0 Å². The van der Waals surface area contributed by atoms with Crippen LogP contribution >= 0.6 is 0 Å². The van der Waals surface area contributed by atoms with E-state index in [0.29, 0.717) is 0 Å². The third-order valence-corrected chi connectivity index (χ3v) is 2.96. The number of rotatable bonds is 5. The highest BCUT2D eigenvalue weighted by atomic mass is 15.0. The molecule has 0 aliphatic carbocycles. The molecule has 3 aromatic heterocycles. The lowest BCUT2D eigenvalue weighted by atomic mass is 10.2. The minimum absolute atomic E-state index is 0.848. The smallest absolute Gasteiger partial charge is 0.137 e. The van der Waals surface area contributed by atoms with Gasteiger partial charge in [-0.2, -0.15) is 0 Å². The molecule has 0 radical (unpaired) electrons. The van der Waals surface area contributed by atoms with Crippen LogP contribution in [0.1, 0.15) is 5.56 Å². The molecule has 5 nitrogen and oxygen atoms in total. The maximum absolute atomic E-state index is 4.28. The summed E-state index contributed by atoms with van der Waals surface area (Å²) in [5.41, 5.74) is 2.20. The molecule has 2 N–H and O–H groups in total. The lowest BCUT2D eigenvalue weighted by molar-refractivity contribution is 0.598. The Balaban J connectivity index is 1.57. The fraction of sp³-hybridized carbons (Fsp3) is 0.231. The number of aromatic amines is 1. The van der Waals surface area contributed by atoms with Crippen molar-refractivity contribution < 1.29 is 0 Å². The summed E-state index contributed by atoms with van der Waals surface area (Å²) in [5, 5.41) is 4.61. The number of H-pyrrole nitrogens is 1. The summed E-state index contributed by atoms with van der Waals surface area (Å²) < 4.78 is 2.06.